The number of rotatable bonds is 6. The quantitative estimate of drug-likeness (QED) is 0.653. The van der Waals surface area contributed by atoms with Crippen molar-refractivity contribution in [3.63, 3.8) is 0 Å². The van der Waals surface area contributed by atoms with Crippen LogP contribution in [0, 0.1) is 0 Å². The summed E-state index contributed by atoms with van der Waals surface area (Å²) in [5.74, 6) is -0.343. The largest absolute Gasteiger partial charge is 0.324 e. The van der Waals surface area contributed by atoms with Crippen molar-refractivity contribution in [3.05, 3.63) is 95.0 Å². The summed E-state index contributed by atoms with van der Waals surface area (Å²) >= 11 is 6.06. The fourth-order valence-corrected chi connectivity index (χ4v) is 2.85. The molecule has 0 bridgehead atoms. The fourth-order valence-electron chi connectivity index (χ4n) is 2.68. The van der Waals surface area contributed by atoms with Gasteiger partial charge in [0.15, 0.2) is 0 Å². The summed E-state index contributed by atoms with van der Waals surface area (Å²) in [7, 11) is 0. The maximum absolute atomic E-state index is 12.4. The SMILES string of the molecule is O=C(Cc1ccccc1)Nc1ccc(Cl)cc1NC(=O)Cc1ccccc1. The first kappa shape index (κ1) is 18.7. The Morgan fingerprint density at radius 3 is 1.67 bits per heavy atom. The Balaban J connectivity index is 1.69. The number of halogens is 1. The molecule has 3 rings (SSSR count). The number of nitrogens with one attached hydrogen (secondary N) is 2. The van der Waals surface area contributed by atoms with Crippen LogP contribution in [0.2, 0.25) is 5.02 Å². The molecule has 0 saturated heterocycles. The van der Waals surface area contributed by atoms with Crippen molar-refractivity contribution in [1.82, 2.24) is 0 Å². The van der Waals surface area contributed by atoms with Crippen molar-refractivity contribution in [2.24, 2.45) is 0 Å². The van der Waals surface area contributed by atoms with Gasteiger partial charge in [0.25, 0.3) is 0 Å². The van der Waals surface area contributed by atoms with Gasteiger partial charge in [-0.05, 0) is 29.3 Å². The topological polar surface area (TPSA) is 58.2 Å². The number of carbonyl (C=O) groups excluding carboxylic acids is 2. The number of amides is 2. The molecule has 136 valence electrons. The molecule has 5 heteroatoms. The Kier molecular flexibility index (Phi) is 6.23. The van der Waals surface area contributed by atoms with E-state index in [9.17, 15) is 9.59 Å². The molecule has 3 aromatic carbocycles. The van der Waals surface area contributed by atoms with Crippen LogP contribution in [-0.4, -0.2) is 11.8 Å². The van der Waals surface area contributed by atoms with Crippen LogP contribution in [0.5, 0.6) is 0 Å². The summed E-state index contributed by atoms with van der Waals surface area (Å²) in [6, 6.07) is 23.9. The summed E-state index contributed by atoms with van der Waals surface area (Å²) in [6.45, 7) is 0. The smallest absolute Gasteiger partial charge is 0.228 e. The molecule has 2 N–H and O–H groups in total. The van der Waals surface area contributed by atoms with Gasteiger partial charge in [0.05, 0.1) is 24.2 Å². The van der Waals surface area contributed by atoms with E-state index in [4.69, 9.17) is 11.6 Å². The van der Waals surface area contributed by atoms with Gasteiger partial charge in [-0.1, -0.05) is 72.3 Å². The van der Waals surface area contributed by atoms with E-state index >= 15 is 0 Å². The summed E-state index contributed by atoms with van der Waals surface area (Å²) in [5.41, 5.74) is 2.82. The van der Waals surface area contributed by atoms with Crippen LogP contribution in [0.3, 0.4) is 0 Å². The zero-order chi connectivity index (χ0) is 19.1. The molecule has 0 spiro atoms. The number of carbonyl (C=O) groups is 2. The average molecular weight is 379 g/mol. The minimum absolute atomic E-state index is 0.165. The Morgan fingerprint density at radius 1 is 0.667 bits per heavy atom. The van der Waals surface area contributed by atoms with Crippen LogP contribution in [0.25, 0.3) is 0 Å². The molecular formula is C22H19ClN2O2. The molecule has 0 aliphatic heterocycles. The van der Waals surface area contributed by atoms with E-state index < -0.39 is 0 Å². The molecule has 3 aromatic rings. The van der Waals surface area contributed by atoms with Gasteiger partial charge in [-0.25, -0.2) is 0 Å². The predicted molar refractivity (Wildman–Crippen MR) is 109 cm³/mol. The van der Waals surface area contributed by atoms with Crippen molar-refractivity contribution < 1.29 is 9.59 Å². The summed E-state index contributed by atoms with van der Waals surface area (Å²) < 4.78 is 0. The molecule has 0 fully saturated rings. The second-order valence-electron chi connectivity index (χ2n) is 6.11. The van der Waals surface area contributed by atoms with Gasteiger partial charge in [0.2, 0.25) is 11.8 Å². The van der Waals surface area contributed by atoms with Gasteiger partial charge in [0, 0.05) is 5.02 Å². The molecule has 0 aliphatic rings. The molecule has 4 nitrogen and oxygen atoms in total. The van der Waals surface area contributed by atoms with Crippen molar-refractivity contribution in [1.29, 1.82) is 0 Å². The Bertz CT molecular complexity index is 928. The van der Waals surface area contributed by atoms with Gasteiger partial charge in [-0.15, -0.1) is 0 Å². The molecule has 0 aromatic heterocycles. The lowest BCUT2D eigenvalue weighted by Crippen LogP contribution is -2.19. The summed E-state index contributed by atoms with van der Waals surface area (Å²) in [4.78, 5) is 24.7. The van der Waals surface area contributed by atoms with Crippen molar-refractivity contribution in [2.45, 2.75) is 12.8 Å². The maximum Gasteiger partial charge on any atom is 0.228 e. The normalized spacial score (nSPS) is 10.3. The van der Waals surface area contributed by atoms with Gasteiger partial charge in [-0.2, -0.15) is 0 Å². The first-order chi connectivity index (χ1) is 13.1. The number of benzene rings is 3. The fraction of sp³-hybridized carbons (Fsp3) is 0.0909. The third-order valence-electron chi connectivity index (χ3n) is 3.94. The summed E-state index contributed by atoms with van der Waals surface area (Å²) in [5, 5.41) is 6.15. The molecule has 0 radical (unpaired) electrons. The van der Waals surface area contributed by atoms with E-state index in [1.54, 1.807) is 18.2 Å². The molecule has 27 heavy (non-hydrogen) atoms. The zero-order valence-corrected chi connectivity index (χ0v) is 15.4. The minimum Gasteiger partial charge on any atom is -0.324 e. The second-order valence-corrected chi connectivity index (χ2v) is 6.55. The van der Waals surface area contributed by atoms with E-state index in [2.05, 4.69) is 10.6 Å². The van der Waals surface area contributed by atoms with Crippen LogP contribution >= 0.6 is 11.6 Å². The van der Waals surface area contributed by atoms with Crippen LogP contribution in [0.4, 0.5) is 11.4 Å². The third kappa shape index (κ3) is 5.69. The minimum atomic E-state index is -0.179. The highest BCUT2D eigenvalue weighted by Gasteiger charge is 2.11. The third-order valence-corrected chi connectivity index (χ3v) is 4.18. The molecule has 0 unspecified atom stereocenters. The van der Waals surface area contributed by atoms with Gasteiger partial charge in [-0.3, -0.25) is 9.59 Å². The second kappa shape index (κ2) is 9.01. The molecule has 0 heterocycles. The monoisotopic (exact) mass is 378 g/mol. The van der Waals surface area contributed by atoms with E-state index in [0.717, 1.165) is 11.1 Å². The van der Waals surface area contributed by atoms with E-state index in [-0.39, 0.29) is 24.7 Å². The first-order valence-corrected chi connectivity index (χ1v) is 8.95. The average Bonchev–Trinajstić information content (AvgIpc) is 2.65. The van der Waals surface area contributed by atoms with Crippen molar-refractivity contribution >= 4 is 34.8 Å². The molecular weight excluding hydrogens is 360 g/mol. The van der Waals surface area contributed by atoms with E-state index in [1.807, 2.05) is 60.7 Å². The van der Waals surface area contributed by atoms with E-state index in [0.29, 0.717) is 16.4 Å². The highest BCUT2D eigenvalue weighted by atomic mass is 35.5. The Morgan fingerprint density at radius 2 is 1.15 bits per heavy atom. The van der Waals surface area contributed by atoms with E-state index in [1.165, 1.54) is 0 Å². The van der Waals surface area contributed by atoms with Gasteiger partial charge < -0.3 is 10.6 Å². The zero-order valence-electron chi connectivity index (χ0n) is 14.6. The van der Waals surface area contributed by atoms with Crippen molar-refractivity contribution in [2.75, 3.05) is 10.6 Å². The van der Waals surface area contributed by atoms with Gasteiger partial charge in [0.1, 0.15) is 0 Å². The first-order valence-electron chi connectivity index (χ1n) is 8.57. The predicted octanol–water partition coefficient (Wildman–Crippen LogP) is 4.70. The standard InChI is InChI=1S/C22H19ClN2O2/c23-18-11-12-19(24-21(26)13-16-7-3-1-4-8-16)20(15-18)25-22(27)14-17-9-5-2-6-10-17/h1-12,15H,13-14H2,(H,24,26)(H,25,27). The molecule has 0 aliphatic carbocycles. The van der Waals surface area contributed by atoms with Crippen LogP contribution in [0.15, 0.2) is 78.9 Å². The lowest BCUT2D eigenvalue weighted by atomic mass is 10.1. The maximum atomic E-state index is 12.4. The van der Waals surface area contributed by atoms with Crippen LogP contribution in [-0.2, 0) is 22.4 Å². The molecule has 0 atom stereocenters. The van der Waals surface area contributed by atoms with Crippen molar-refractivity contribution in [3.8, 4) is 0 Å². The summed E-state index contributed by atoms with van der Waals surface area (Å²) in [6.07, 6.45) is 0.492. The van der Waals surface area contributed by atoms with Crippen LogP contribution < -0.4 is 10.6 Å². The molecule has 0 saturated carbocycles. The number of hydrogen-bond donors (Lipinski definition) is 2. The Labute approximate surface area is 163 Å². The lowest BCUT2D eigenvalue weighted by Gasteiger charge is -2.13. The Hall–Kier alpha value is -3.11. The lowest BCUT2D eigenvalue weighted by molar-refractivity contribution is -0.116. The van der Waals surface area contributed by atoms with Crippen LogP contribution in [0.1, 0.15) is 11.1 Å². The van der Waals surface area contributed by atoms with Gasteiger partial charge >= 0.3 is 0 Å². The highest BCUT2D eigenvalue weighted by molar-refractivity contribution is 6.31. The number of anilines is 2. The number of hydrogen-bond acceptors (Lipinski definition) is 2. The highest BCUT2D eigenvalue weighted by Crippen LogP contribution is 2.26. The molecule has 2 amide bonds.